The second-order valence-electron chi connectivity index (χ2n) is 14.5. The molecule has 3 heterocycles. The normalized spacial score (nSPS) is 17.5. The van der Waals surface area contributed by atoms with Crippen LogP contribution in [-0.2, 0) is 27.5 Å². The molecule has 7 rings (SSSR count). The molecule has 1 aliphatic carbocycles. The Hall–Kier alpha value is -4.15. The molecule has 0 radical (unpaired) electrons. The summed E-state index contributed by atoms with van der Waals surface area (Å²) in [6.07, 6.45) is 8.66. The Bertz CT molecular complexity index is 2210. The molecule has 1 unspecified atom stereocenters. The van der Waals surface area contributed by atoms with Gasteiger partial charge in [0.2, 0.25) is 0 Å². The van der Waals surface area contributed by atoms with E-state index in [1.807, 2.05) is 30.3 Å². The van der Waals surface area contributed by atoms with Crippen molar-refractivity contribution in [1.82, 2.24) is 19.3 Å². The fraction of sp³-hybridized carbons (Fsp3) is 0.364. The van der Waals surface area contributed by atoms with Gasteiger partial charge in [-0.2, -0.15) is 16.7 Å². The van der Waals surface area contributed by atoms with E-state index in [4.69, 9.17) is 19.6 Å². The number of nitrogens with zero attached hydrogens (tertiary/aromatic N) is 4. The molecule has 266 valence electrons. The fourth-order valence-corrected chi connectivity index (χ4v) is 8.11. The summed E-state index contributed by atoms with van der Waals surface area (Å²) in [5, 5.41) is 7.59. The van der Waals surface area contributed by atoms with Crippen molar-refractivity contribution in [3.63, 3.8) is 0 Å². The largest absolute Gasteiger partial charge is 2.00 e. The Morgan fingerprint density at radius 3 is 2.51 bits per heavy atom. The molecule has 0 spiro atoms. The summed E-state index contributed by atoms with van der Waals surface area (Å²) < 4.78 is 16.4. The van der Waals surface area contributed by atoms with Crippen LogP contribution in [0.15, 0.2) is 78.5 Å². The number of hydrogen-bond acceptors (Lipinski definition) is 4. The van der Waals surface area contributed by atoms with Crippen LogP contribution < -0.4 is 9.47 Å². The molecule has 0 N–H and O–H groups in total. The summed E-state index contributed by atoms with van der Waals surface area (Å²) in [5.74, 6) is 4.59. The number of ether oxygens (including phenoxy) is 2. The van der Waals surface area contributed by atoms with E-state index < -0.39 is 0 Å². The summed E-state index contributed by atoms with van der Waals surface area (Å²) >= 11 is 0. The Morgan fingerprint density at radius 1 is 0.961 bits per heavy atom. The first-order valence-corrected chi connectivity index (χ1v) is 18.1. The van der Waals surface area contributed by atoms with E-state index in [0.29, 0.717) is 35.2 Å². The zero-order valence-electron chi connectivity index (χ0n) is 31.0. The molecule has 0 amide bonds. The number of aromatic nitrogens is 4. The molecule has 51 heavy (non-hydrogen) atoms. The molecule has 0 saturated heterocycles. The maximum Gasteiger partial charge on any atom is 2.00 e. The van der Waals surface area contributed by atoms with Crippen molar-refractivity contribution in [1.29, 1.82) is 0 Å². The maximum atomic E-state index is 6.61. The van der Waals surface area contributed by atoms with Crippen LogP contribution in [0, 0.1) is 30.9 Å². The maximum absolute atomic E-state index is 6.61. The van der Waals surface area contributed by atoms with Crippen LogP contribution in [-0.4, -0.2) is 26.4 Å². The van der Waals surface area contributed by atoms with E-state index in [1.165, 1.54) is 28.9 Å². The van der Waals surface area contributed by atoms with Crippen LogP contribution in [0.4, 0.5) is 0 Å². The first-order valence-electron chi connectivity index (χ1n) is 18.1. The summed E-state index contributed by atoms with van der Waals surface area (Å²) in [7, 11) is 1.67. The number of rotatable bonds is 10. The second-order valence-corrected chi connectivity index (χ2v) is 14.5. The monoisotopic (exact) mass is 859 g/mol. The van der Waals surface area contributed by atoms with Crippen molar-refractivity contribution in [3.8, 4) is 28.8 Å². The molecule has 3 aromatic carbocycles. The van der Waals surface area contributed by atoms with Gasteiger partial charge in [0, 0.05) is 46.5 Å². The minimum Gasteiger partial charge on any atom is -0.509 e. The third-order valence-corrected chi connectivity index (χ3v) is 10.2. The number of fused-ring (bicyclic) bond motifs is 3. The Labute approximate surface area is 317 Å². The topological polar surface area (TPSA) is 54.1 Å². The standard InChI is InChI=1S/C44H48N4O2.Pt/c1-9-10-14-39-43(42-30(6)20-28(4)21-31(42)7)44(27(2)3)46-48(39)32-22-29(5)23-35(24-32)50-34-16-17-37-36-13-11-12-15-38(36)47(40(37)25-34)41-26-33(49-8)18-19-45-41;/h11-13,15-20,22-23,26-28,31,42H,9-10,14,21H2,1-8H3;/q-2;+2/t28-,31-,42?;/m0./s1. The molecule has 0 bridgehead atoms. The third kappa shape index (κ3) is 7.05. The number of unbranched alkanes of at least 4 members (excludes halogenated alkanes) is 1. The number of para-hydroxylation sites is 1. The molecule has 7 heteroatoms. The van der Waals surface area contributed by atoms with Crippen LogP contribution in [0.3, 0.4) is 0 Å². The van der Waals surface area contributed by atoms with Crippen molar-refractivity contribution < 1.29 is 30.5 Å². The number of benzene rings is 3. The van der Waals surface area contributed by atoms with Gasteiger partial charge in [0.1, 0.15) is 11.6 Å². The first kappa shape index (κ1) is 36.6. The summed E-state index contributed by atoms with van der Waals surface area (Å²) in [4.78, 5) is 4.70. The van der Waals surface area contributed by atoms with Crippen LogP contribution in [0.2, 0.25) is 0 Å². The number of pyridine rings is 1. The van der Waals surface area contributed by atoms with Crippen molar-refractivity contribution >= 4 is 21.8 Å². The van der Waals surface area contributed by atoms with Crippen LogP contribution in [0.5, 0.6) is 17.2 Å². The average Bonchev–Trinajstić information content (AvgIpc) is 3.62. The molecule has 6 nitrogen and oxygen atoms in total. The van der Waals surface area contributed by atoms with Gasteiger partial charge >= 0.3 is 21.1 Å². The number of aryl methyl sites for hydroxylation is 1. The Morgan fingerprint density at radius 2 is 1.76 bits per heavy atom. The zero-order chi connectivity index (χ0) is 35.1. The van der Waals surface area contributed by atoms with E-state index in [1.54, 1.807) is 13.3 Å². The Balaban J connectivity index is 0.00000448. The molecule has 1 aliphatic rings. The molecule has 0 saturated carbocycles. The van der Waals surface area contributed by atoms with Crippen LogP contribution in [0.25, 0.3) is 33.3 Å². The smallest absolute Gasteiger partial charge is 0.509 e. The zero-order valence-corrected chi connectivity index (χ0v) is 33.3. The van der Waals surface area contributed by atoms with Crippen molar-refractivity contribution in [3.05, 3.63) is 113 Å². The van der Waals surface area contributed by atoms with Gasteiger partial charge in [-0.05, 0) is 67.1 Å². The molecular formula is C44H48N4O2Pt. The SMILES string of the molecule is CCCCc1c(C2C(C)=C[C@H](C)C[C@@H]2C)c(C(C)C)nn1-c1[c-]c(Oc2[c-]c3c(cc2)c2ccccc2n3-c2cc(OC)ccn2)cc(C)c1.[Pt+2]. The summed E-state index contributed by atoms with van der Waals surface area (Å²) in [5.41, 5.74) is 9.34. The first-order chi connectivity index (χ1) is 24.2. The third-order valence-electron chi connectivity index (χ3n) is 10.2. The molecular weight excluding hydrogens is 812 g/mol. The van der Waals surface area contributed by atoms with E-state index in [2.05, 4.69) is 106 Å². The van der Waals surface area contributed by atoms with E-state index in [0.717, 1.165) is 63.9 Å². The molecule has 3 atom stereocenters. The van der Waals surface area contributed by atoms with Crippen molar-refractivity contribution in [2.45, 2.75) is 86.0 Å². The van der Waals surface area contributed by atoms with E-state index in [-0.39, 0.29) is 21.1 Å². The second kappa shape index (κ2) is 15.2. The van der Waals surface area contributed by atoms with Gasteiger partial charge in [-0.25, -0.2) is 4.98 Å². The Kier molecular flexibility index (Phi) is 10.9. The molecule has 3 aromatic heterocycles. The van der Waals surface area contributed by atoms with Crippen LogP contribution >= 0.6 is 0 Å². The summed E-state index contributed by atoms with van der Waals surface area (Å²) in [6.45, 7) is 16.0. The number of hydrogen-bond donors (Lipinski definition) is 0. The van der Waals surface area contributed by atoms with E-state index >= 15 is 0 Å². The summed E-state index contributed by atoms with van der Waals surface area (Å²) in [6, 6.07) is 27.7. The quantitative estimate of drug-likeness (QED) is 0.102. The molecule has 0 fully saturated rings. The fourth-order valence-electron chi connectivity index (χ4n) is 8.11. The van der Waals surface area contributed by atoms with Crippen molar-refractivity contribution in [2.75, 3.05) is 7.11 Å². The van der Waals surface area contributed by atoms with Gasteiger partial charge in [-0.1, -0.05) is 83.3 Å². The predicted octanol–water partition coefficient (Wildman–Crippen LogP) is 11.2. The van der Waals surface area contributed by atoms with Gasteiger partial charge in [-0.15, -0.1) is 35.7 Å². The number of allylic oxidation sites excluding steroid dienone is 2. The number of methoxy groups -OCH3 is 1. The van der Waals surface area contributed by atoms with Gasteiger partial charge < -0.3 is 14.0 Å². The minimum absolute atomic E-state index is 0. The van der Waals surface area contributed by atoms with Gasteiger partial charge in [0.05, 0.1) is 12.8 Å². The molecule has 0 aliphatic heterocycles. The minimum atomic E-state index is 0. The van der Waals surface area contributed by atoms with E-state index in [9.17, 15) is 0 Å². The van der Waals surface area contributed by atoms with Gasteiger partial charge in [0.25, 0.3) is 0 Å². The average molecular weight is 860 g/mol. The molecule has 6 aromatic rings. The predicted molar refractivity (Wildman–Crippen MR) is 203 cm³/mol. The van der Waals surface area contributed by atoms with Crippen molar-refractivity contribution in [2.24, 2.45) is 11.8 Å². The van der Waals surface area contributed by atoms with Gasteiger partial charge in [0.15, 0.2) is 0 Å². The van der Waals surface area contributed by atoms with Crippen LogP contribution in [0.1, 0.15) is 95.2 Å². The van der Waals surface area contributed by atoms with Gasteiger partial charge in [-0.3, -0.25) is 4.68 Å².